The lowest BCUT2D eigenvalue weighted by Crippen LogP contribution is -1.97. The minimum atomic E-state index is 0.266. The third kappa shape index (κ3) is 1.13. The SMILES string of the molecule is Cc1nnc(N)c2noc(C(C)C)c12. The third-order valence-corrected chi connectivity index (χ3v) is 2.16. The molecule has 0 aliphatic rings. The normalized spacial score (nSPS) is 11.4. The first-order valence-corrected chi connectivity index (χ1v) is 4.49. The lowest BCUT2D eigenvalue weighted by atomic mass is 10.1. The maximum Gasteiger partial charge on any atom is 0.176 e. The van der Waals surface area contributed by atoms with Crippen LogP contribution in [0.2, 0.25) is 0 Å². The molecule has 0 fully saturated rings. The second-order valence-electron chi connectivity index (χ2n) is 3.60. The standard InChI is InChI=1S/C9H12N4O/c1-4(2)8-6-5(3)11-12-9(10)7(6)13-14-8/h4H,1-3H3,(H2,10,12). The van der Waals surface area contributed by atoms with Crippen LogP contribution in [0, 0.1) is 6.92 Å². The van der Waals surface area contributed by atoms with Crippen molar-refractivity contribution >= 4 is 16.7 Å². The summed E-state index contributed by atoms with van der Waals surface area (Å²) in [4.78, 5) is 0. The second kappa shape index (κ2) is 2.94. The first-order chi connectivity index (χ1) is 6.61. The van der Waals surface area contributed by atoms with Crippen LogP contribution in [-0.2, 0) is 0 Å². The van der Waals surface area contributed by atoms with E-state index in [0.717, 1.165) is 16.8 Å². The van der Waals surface area contributed by atoms with Crippen molar-refractivity contribution in [3.63, 3.8) is 0 Å². The van der Waals surface area contributed by atoms with Gasteiger partial charge >= 0.3 is 0 Å². The van der Waals surface area contributed by atoms with Crippen LogP contribution in [0.25, 0.3) is 10.9 Å². The molecule has 0 amide bonds. The predicted octanol–water partition coefficient (Wildman–Crippen LogP) is 1.63. The van der Waals surface area contributed by atoms with Crippen molar-refractivity contribution in [3.05, 3.63) is 11.5 Å². The Kier molecular flexibility index (Phi) is 1.87. The van der Waals surface area contributed by atoms with Gasteiger partial charge in [-0.25, -0.2) is 0 Å². The number of hydrogen-bond donors (Lipinski definition) is 1. The highest BCUT2D eigenvalue weighted by atomic mass is 16.5. The molecular weight excluding hydrogens is 180 g/mol. The van der Waals surface area contributed by atoms with Gasteiger partial charge in [0, 0.05) is 5.92 Å². The van der Waals surface area contributed by atoms with Crippen LogP contribution in [0.3, 0.4) is 0 Å². The van der Waals surface area contributed by atoms with Gasteiger partial charge in [-0.1, -0.05) is 19.0 Å². The molecule has 5 nitrogen and oxygen atoms in total. The Bertz CT molecular complexity index is 475. The van der Waals surface area contributed by atoms with Crippen LogP contribution in [0.15, 0.2) is 4.52 Å². The summed E-state index contributed by atoms with van der Waals surface area (Å²) >= 11 is 0. The largest absolute Gasteiger partial charge is 0.380 e. The van der Waals surface area contributed by atoms with Crippen LogP contribution >= 0.6 is 0 Å². The van der Waals surface area contributed by atoms with E-state index in [1.165, 1.54) is 0 Å². The average molecular weight is 192 g/mol. The molecule has 2 aromatic rings. The predicted molar refractivity (Wildman–Crippen MR) is 52.8 cm³/mol. The van der Waals surface area contributed by atoms with E-state index in [1.807, 2.05) is 20.8 Å². The first-order valence-electron chi connectivity index (χ1n) is 4.49. The molecule has 74 valence electrons. The van der Waals surface area contributed by atoms with Crippen molar-refractivity contribution in [2.24, 2.45) is 0 Å². The van der Waals surface area contributed by atoms with Crippen LogP contribution in [0.4, 0.5) is 5.82 Å². The molecule has 0 bridgehead atoms. The summed E-state index contributed by atoms with van der Waals surface area (Å²) in [7, 11) is 0. The minimum Gasteiger partial charge on any atom is -0.380 e. The van der Waals surface area contributed by atoms with Gasteiger partial charge in [-0.3, -0.25) is 0 Å². The highest BCUT2D eigenvalue weighted by Crippen LogP contribution is 2.28. The molecule has 0 aromatic carbocycles. The molecule has 0 saturated heterocycles. The summed E-state index contributed by atoms with van der Waals surface area (Å²) in [6.45, 7) is 5.95. The molecular formula is C9H12N4O. The van der Waals surface area contributed by atoms with Gasteiger partial charge in [0.05, 0.1) is 11.1 Å². The van der Waals surface area contributed by atoms with Gasteiger partial charge in [-0.2, -0.15) is 5.10 Å². The summed E-state index contributed by atoms with van der Waals surface area (Å²) < 4.78 is 5.23. The van der Waals surface area contributed by atoms with E-state index in [4.69, 9.17) is 10.3 Å². The molecule has 0 aliphatic heterocycles. The quantitative estimate of drug-likeness (QED) is 0.743. The maximum atomic E-state index is 5.64. The number of nitrogens with two attached hydrogens (primary N) is 1. The van der Waals surface area contributed by atoms with Gasteiger partial charge in [-0.15, -0.1) is 5.10 Å². The first kappa shape index (κ1) is 8.93. The molecule has 0 atom stereocenters. The molecule has 0 aliphatic carbocycles. The Hall–Kier alpha value is -1.65. The smallest absolute Gasteiger partial charge is 0.176 e. The van der Waals surface area contributed by atoms with E-state index >= 15 is 0 Å². The van der Waals surface area contributed by atoms with Crippen LogP contribution in [0.1, 0.15) is 31.2 Å². The number of aryl methyl sites for hydroxylation is 1. The van der Waals surface area contributed by atoms with E-state index in [-0.39, 0.29) is 5.92 Å². The summed E-state index contributed by atoms with van der Waals surface area (Å²) in [5, 5.41) is 12.5. The molecule has 2 N–H and O–H groups in total. The number of nitrogens with zero attached hydrogens (tertiary/aromatic N) is 3. The van der Waals surface area contributed by atoms with Crippen LogP contribution in [0.5, 0.6) is 0 Å². The van der Waals surface area contributed by atoms with Gasteiger partial charge in [-0.05, 0) is 6.92 Å². The van der Waals surface area contributed by atoms with Crippen LogP contribution < -0.4 is 5.73 Å². The van der Waals surface area contributed by atoms with E-state index in [2.05, 4.69) is 15.4 Å². The fourth-order valence-corrected chi connectivity index (χ4v) is 1.45. The van der Waals surface area contributed by atoms with Crippen LogP contribution in [-0.4, -0.2) is 15.4 Å². The molecule has 2 rings (SSSR count). The molecule has 14 heavy (non-hydrogen) atoms. The molecule has 0 saturated carbocycles. The summed E-state index contributed by atoms with van der Waals surface area (Å²) in [5.74, 6) is 1.41. The Balaban J connectivity index is 2.84. The Labute approximate surface area is 81.3 Å². The van der Waals surface area contributed by atoms with E-state index in [9.17, 15) is 0 Å². The fourth-order valence-electron chi connectivity index (χ4n) is 1.45. The number of hydrogen-bond acceptors (Lipinski definition) is 5. The van der Waals surface area contributed by atoms with Crippen molar-refractivity contribution in [3.8, 4) is 0 Å². The zero-order chi connectivity index (χ0) is 10.3. The average Bonchev–Trinajstić information content (AvgIpc) is 2.56. The maximum absolute atomic E-state index is 5.64. The number of fused-ring (bicyclic) bond motifs is 1. The Morgan fingerprint density at radius 1 is 1.29 bits per heavy atom. The molecule has 2 heterocycles. The molecule has 0 radical (unpaired) electrons. The van der Waals surface area contributed by atoms with Gasteiger partial charge in [0.2, 0.25) is 0 Å². The van der Waals surface area contributed by atoms with Crippen molar-refractivity contribution in [2.75, 3.05) is 5.73 Å². The molecule has 5 heteroatoms. The topological polar surface area (TPSA) is 77.8 Å². The molecule has 0 spiro atoms. The van der Waals surface area contributed by atoms with Gasteiger partial charge in [0.15, 0.2) is 11.3 Å². The van der Waals surface area contributed by atoms with Gasteiger partial charge in [0.1, 0.15) is 5.76 Å². The van der Waals surface area contributed by atoms with E-state index < -0.39 is 0 Å². The van der Waals surface area contributed by atoms with Crippen molar-refractivity contribution < 1.29 is 4.52 Å². The number of rotatable bonds is 1. The zero-order valence-electron chi connectivity index (χ0n) is 8.40. The Morgan fingerprint density at radius 3 is 2.64 bits per heavy atom. The summed E-state index contributed by atoms with van der Waals surface area (Å²) in [5.41, 5.74) is 7.06. The van der Waals surface area contributed by atoms with E-state index in [1.54, 1.807) is 0 Å². The second-order valence-corrected chi connectivity index (χ2v) is 3.60. The van der Waals surface area contributed by atoms with Crippen molar-refractivity contribution in [2.45, 2.75) is 26.7 Å². The van der Waals surface area contributed by atoms with Crippen molar-refractivity contribution in [1.29, 1.82) is 0 Å². The Morgan fingerprint density at radius 2 is 2.00 bits per heavy atom. The molecule has 0 unspecified atom stereocenters. The fraction of sp³-hybridized carbons (Fsp3) is 0.444. The highest BCUT2D eigenvalue weighted by molar-refractivity contribution is 5.90. The van der Waals surface area contributed by atoms with Crippen molar-refractivity contribution in [1.82, 2.24) is 15.4 Å². The highest BCUT2D eigenvalue weighted by Gasteiger charge is 2.17. The lowest BCUT2D eigenvalue weighted by molar-refractivity contribution is 0.378. The number of aromatic nitrogens is 3. The number of nitrogen functional groups attached to an aromatic ring is 1. The zero-order valence-corrected chi connectivity index (χ0v) is 8.40. The monoisotopic (exact) mass is 192 g/mol. The van der Waals surface area contributed by atoms with Gasteiger partial charge < -0.3 is 10.3 Å². The summed E-state index contributed by atoms with van der Waals surface area (Å²) in [6, 6.07) is 0. The third-order valence-electron chi connectivity index (χ3n) is 2.16. The van der Waals surface area contributed by atoms with Gasteiger partial charge in [0.25, 0.3) is 0 Å². The lowest BCUT2D eigenvalue weighted by Gasteiger charge is -2.00. The molecule has 2 aromatic heterocycles. The summed E-state index contributed by atoms with van der Waals surface area (Å²) in [6.07, 6.45) is 0. The number of anilines is 1. The van der Waals surface area contributed by atoms with E-state index in [0.29, 0.717) is 11.3 Å². The minimum absolute atomic E-state index is 0.266.